The number of nitrogens with zero attached hydrogens (tertiary/aromatic N) is 3. The van der Waals surface area contributed by atoms with Crippen molar-refractivity contribution < 1.29 is 13.2 Å². The second kappa shape index (κ2) is 7.46. The summed E-state index contributed by atoms with van der Waals surface area (Å²) in [4.78, 5) is 8.66. The molecule has 2 heterocycles. The van der Waals surface area contributed by atoms with E-state index in [-0.39, 0.29) is 10.6 Å². The Morgan fingerprint density at radius 2 is 1.96 bits per heavy atom. The molecule has 6 nitrogen and oxygen atoms in total. The van der Waals surface area contributed by atoms with Gasteiger partial charge in [0.15, 0.2) is 9.84 Å². The van der Waals surface area contributed by atoms with E-state index in [4.69, 9.17) is 16.3 Å². The number of sulfone groups is 1. The van der Waals surface area contributed by atoms with Crippen LogP contribution in [-0.2, 0) is 15.6 Å². The quantitative estimate of drug-likeness (QED) is 0.466. The molecule has 0 unspecified atom stereocenters. The van der Waals surface area contributed by atoms with Crippen LogP contribution in [0.15, 0.2) is 59.9 Å². The van der Waals surface area contributed by atoms with Crippen molar-refractivity contribution in [2.75, 3.05) is 7.11 Å². The van der Waals surface area contributed by atoms with Crippen molar-refractivity contribution in [3.05, 3.63) is 65.0 Å². The minimum atomic E-state index is -3.53. The van der Waals surface area contributed by atoms with Crippen LogP contribution < -0.4 is 4.74 Å². The van der Waals surface area contributed by atoms with Crippen molar-refractivity contribution in [2.24, 2.45) is 0 Å². The van der Waals surface area contributed by atoms with Crippen molar-refractivity contribution in [1.82, 2.24) is 14.3 Å². The molecule has 9 heteroatoms. The van der Waals surface area contributed by atoms with E-state index in [1.54, 1.807) is 55.8 Å². The number of fused-ring (bicyclic) bond motifs is 1. The molecule has 4 rings (SSSR count). The largest absolute Gasteiger partial charge is 0.496 e. The third-order valence-electron chi connectivity index (χ3n) is 4.23. The number of pyridine rings is 1. The zero-order chi connectivity index (χ0) is 19.7. The molecule has 0 aliphatic carbocycles. The third-order valence-corrected chi connectivity index (χ3v) is 6.94. The van der Waals surface area contributed by atoms with Crippen molar-refractivity contribution >= 4 is 43.7 Å². The fourth-order valence-electron chi connectivity index (χ4n) is 2.93. The topological polar surface area (TPSA) is 82.0 Å². The lowest BCUT2D eigenvalue weighted by atomic mass is 10.0. The molecule has 0 saturated heterocycles. The summed E-state index contributed by atoms with van der Waals surface area (Å²) in [7, 11) is -1.95. The Morgan fingerprint density at radius 3 is 2.71 bits per heavy atom. The van der Waals surface area contributed by atoms with E-state index in [9.17, 15) is 8.42 Å². The van der Waals surface area contributed by atoms with E-state index >= 15 is 0 Å². The maximum Gasteiger partial charge on any atom is 0.184 e. The first-order valence-electron chi connectivity index (χ1n) is 8.19. The Morgan fingerprint density at radius 1 is 1.11 bits per heavy atom. The summed E-state index contributed by atoms with van der Waals surface area (Å²) in [5.41, 5.74) is 1.41. The zero-order valence-electron chi connectivity index (χ0n) is 14.7. The Bertz CT molecular complexity index is 1260. The molecule has 0 N–H and O–H groups in total. The summed E-state index contributed by atoms with van der Waals surface area (Å²) < 4.78 is 34.7. The highest BCUT2D eigenvalue weighted by Gasteiger charge is 2.19. The minimum absolute atomic E-state index is 0.177. The first-order chi connectivity index (χ1) is 13.5. The molecule has 0 spiro atoms. The summed E-state index contributed by atoms with van der Waals surface area (Å²) in [5, 5.41) is 2.58. The van der Waals surface area contributed by atoms with Crippen LogP contribution in [0.1, 0.15) is 5.01 Å². The van der Waals surface area contributed by atoms with Gasteiger partial charge >= 0.3 is 0 Å². The predicted octanol–water partition coefficient (Wildman–Crippen LogP) is 4.39. The molecule has 0 radical (unpaired) electrons. The average molecular weight is 432 g/mol. The molecule has 2 aromatic heterocycles. The molecule has 0 aliphatic rings. The van der Waals surface area contributed by atoms with Gasteiger partial charge in [0.05, 0.1) is 17.7 Å². The van der Waals surface area contributed by atoms with Gasteiger partial charge in [-0.2, -0.15) is 4.37 Å². The van der Waals surface area contributed by atoms with Crippen molar-refractivity contribution in [2.45, 2.75) is 10.6 Å². The summed E-state index contributed by atoms with van der Waals surface area (Å²) in [6.07, 6.45) is 2.99. The highest BCUT2D eigenvalue weighted by Crippen LogP contribution is 2.36. The second-order valence-electron chi connectivity index (χ2n) is 5.98. The van der Waals surface area contributed by atoms with E-state index in [0.717, 1.165) is 27.9 Å². The van der Waals surface area contributed by atoms with Crippen LogP contribution in [0.4, 0.5) is 0 Å². The number of aromatic nitrogens is 3. The zero-order valence-corrected chi connectivity index (χ0v) is 17.1. The van der Waals surface area contributed by atoms with Gasteiger partial charge < -0.3 is 4.74 Å². The third kappa shape index (κ3) is 3.58. The minimum Gasteiger partial charge on any atom is -0.496 e. The van der Waals surface area contributed by atoms with E-state index in [2.05, 4.69) is 14.3 Å². The van der Waals surface area contributed by atoms with Gasteiger partial charge in [-0.05, 0) is 53.3 Å². The van der Waals surface area contributed by atoms with Crippen LogP contribution in [0, 0.1) is 0 Å². The maximum absolute atomic E-state index is 12.7. The van der Waals surface area contributed by atoms with Crippen LogP contribution in [0.25, 0.3) is 22.0 Å². The summed E-state index contributed by atoms with van der Waals surface area (Å²) in [6.45, 7) is 0. The van der Waals surface area contributed by atoms with Crippen LogP contribution in [-0.4, -0.2) is 29.9 Å². The van der Waals surface area contributed by atoms with E-state index < -0.39 is 9.84 Å². The van der Waals surface area contributed by atoms with Crippen LogP contribution in [0.5, 0.6) is 5.75 Å². The standard InChI is InChI=1S/C19H14ClN3O3S2/c1-26-17-5-2-13(20)9-16(17)19-15-4-3-14(8-12(15)6-7-21-19)28(24,25)10-18-22-11-23-27-18/h2-9,11H,10H2,1H3. The van der Waals surface area contributed by atoms with Crippen LogP contribution >= 0.6 is 23.1 Å². The fourth-order valence-corrected chi connectivity index (χ4v) is 5.24. The molecule has 0 aliphatic heterocycles. The number of hydrogen-bond donors (Lipinski definition) is 0. The molecule has 2 aromatic carbocycles. The number of hydrogen-bond acceptors (Lipinski definition) is 7. The lowest BCUT2D eigenvalue weighted by molar-refractivity contribution is 0.416. The average Bonchev–Trinajstić information content (AvgIpc) is 3.19. The van der Waals surface area contributed by atoms with Crippen LogP contribution in [0.3, 0.4) is 0 Å². The number of rotatable bonds is 5. The van der Waals surface area contributed by atoms with Gasteiger partial charge in [0.1, 0.15) is 22.8 Å². The van der Waals surface area contributed by atoms with Crippen molar-refractivity contribution in [3.63, 3.8) is 0 Å². The van der Waals surface area contributed by atoms with Crippen molar-refractivity contribution in [3.8, 4) is 17.0 Å². The van der Waals surface area contributed by atoms with Crippen molar-refractivity contribution in [1.29, 1.82) is 0 Å². The first kappa shape index (κ1) is 18.8. The highest BCUT2D eigenvalue weighted by atomic mass is 35.5. The monoisotopic (exact) mass is 431 g/mol. The van der Waals surface area contributed by atoms with Crippen LogP contribution in [0.2, 0.25) is 5.02 Å². The van der Waals surface area contributed by atoms with E-state index in [1.807, 2.05) is 0 Å². The molecule has 0 saturated carbocycles. The summed E-state index contributed by atoms with van der Waals surface area (Å²) in [6, 6.07) is 12.1. The SMILES string of the molecule is COc1ccc(Cl)cc1-c1nccc2cc(S(=O)(=O)Cc3ncns3)ccc12. The molecular weight excluding hydrogens is 418 g/mol. The number of benzene rings is 2. The molecule has 142 valence electrons. The first-order valence-corrected chi connectivity index (χ1v) is 11.0. The lowest BCUT2D eigenvalue weighted by Crippen LogP contribution is -2.04. The molecular formula is C19H14ClN3O3S2. The van der Waals surface area contributed by atoms with E-state index in [1.165, 1.54) is 6.33 Å². The number of methoxy groups -OCH3 is 1. The van der Waals surface area contributed by atoms with Gasteiger partial charge in [-0.15, -0.1) is 0 Å². The highest BCUT2D eigenvalue weighted by molar-refractivity contribution is 7.90. The van der Waals surface area contributed by atoms with Gasteiger partial charge in [-0.1, -0.05) is 17.7 Å². The van der Waals surface area contributed by atoms with Gasteiger partial charge in [0.2, 0.25) is 0 Å². The molecule has 28 heavy (non-hydrogen) atoms. The lowest BCUT2D eigenvalue weighted by Gasteiger charge is -2.12. The smallest absolute Gasteiger partial charge is 0.184 e. The fraction of sp³-hybridized carbons (Fsp3) is 0.105. The second-order valence-corrected chi connectivity index (χ2v) is 9.27. The van der Waals surface area contributed by atoms with Gasteiger partial charge in [0, 0.05) is 22.2 Å². The van der Waals surface area contributed by atoms with Gasteiger partial charge in [-0.3, -0.25) is 4.98 Å². The van der Waals surface area contributed by atoms with Gasteiger partial charge in [0.25, 0.3) is 0 Å². The van der Waals surface area contributed by atoms with Gasteiger partial charge in [-0.25, -0.2) is 13.4 Å². The number of halogens is 1. The predicted molar refractivity (Wildman–Crippen MR) is 110 cm³/mol. The summed E-state index contributed by atoms with van der Waals surface area (Å²) in [5.74, 6) is 0.459. The molecule has 4 aromatic rings. The number of ether oxygens (including phenoxy) is 1. The maximum atomic E-state index is 12.7. The molecule has 0 atom stereocenters. The Balaban J connectivity index is 1.82. The Labute approximate surface area is 170 Å². The molecule has 0 fully saturated rings. The normalized spacial score (nSPS) is 11.6. The Kier molecular flexibility index (Phi) is 5.01. The molecule has 0 bridgehead atoms. The Hall–Kier alpha value is -2.55. The molecule has 0 amide bonds. The summed E-state index contributed by atoms with van der Waals surface area (Å²) >= 11 is 7.23. The van der Waals surface area contributed by atoms with E-state index in [0.29, 0.717) is 21.5 Å².